The minimum atomic E-state index is -1.59. The fraction of sp³-hybridized carbons (Fsp3) is 0.0833. The number of aromatic nitrogens is 3. The van der Waals surface area contributed by atoms with Gasteiger partial charge in [-0.15, -0.1) is 0 Å². The first-order chi connectivity index (χ1) is 15.4. The van der Waals surface area contributed by atoms with Crippen molar-refractivity contribution in [3.05, 3.63) is 112 Å². The quantitative estimate of drug-likeness (QED) is 0.354. The Balaban J connectivity index is 1.67. The molecule has 0 spiro atoms. The lowest BCUT2D eigenvalue weighted by molar-refractivity contribution is 0.0664. The first-order valence-corrected chi connectivity index (χ1v) is 10.4. The van der Waals surface area contributed by atoms with E-state index in [0.717, 1.165) is 0 Å². The number of hydrogen-bond acceptors (Lipinski definition) is 4. The third-order valence-electron chi connectivity index (χ3n) is 4.77. The topological polar surface area (TPSA) is 60.2 Å². The van der Waals surface area contributed by atoms with E-state index in [1.54, 1.807) is 60.7 Å². The van der Waals surface area contributed by atoms with Crippen LogP contribution in [0.5, 0.6) is 11.5 Å². The van der Waals surface area contributed by atoms with Gasteiger partial charge < -0.3 is 9.84 Å². The Kier molecular flexibility index (Phi) is 6.55. The average Bonchev–Trinajstić information content (AvgIpc) is 3.27. The van der Waals surface area contributed by atoms with Gasteiger partial charge in [-0.25, -0.2) is 14.1 Å². The number of benzene rings is 3. The molecule has 0 radical (unpaired) electrons. The van der Waals surface area contributed by atoms with E-state index in [1.165, 1.54) is 35.6 Å². The van der Waals surface area contributed by atoms with E-state index in [0.29, 0.717) is 27.6 Å². The Morgan fingerprint density at radius 2 is 1.78 bits per heavy atom. The standard InChI is InChI=1S/C24H18Cl2FN3O2/c25-18-5-7-19(8-6-18)32-20-9-10-21(22(26)13-20)24(31,14-30-16-28-15-29-30)12-11-17-3-1-2-4-23(17)27/h1-13,15-16,31H,14H2/b12-11+. The van der Waals surface area contributed by atoms with Crippen LogP contribution in [0, 0.1) is 5.82 Å². The van der Waals surface area contributed by atoms with Crippen molar-refractivity contribution in [3.8, 4) is 11.5 Å². The van der Waals surface area contributed by atoms with Crippen LogP contribution in [0.25, 0.3) is 6.08 Å². The molecule has 1 heterocycles. The maximum atomic E-state index is 14.1. The molecule has 4 aromatic rings. The molecule has 1 unspecified atom stereocenters. The molecule has 0 fully saturated rings. The van der Waals surface area contributed by atoms with Gasteiger partial charge in [-0.3, -0.25) is 0 Å². The fourth-order valence-electron chi connectivity index (χ4n) is 3.18. The number of nitrogens with zero attached hydrogens (tertiary/aromatic N) is 3. The zero-order valence-electron chi connectivity index (χ0n) is 16.7. The van der Waals surface area contributed by atoms with E-state index >= 15 is 0 Å². The summed E-state index contributed by atoms with van der Waals surface area (Å²) in [5.41, 5.74) is -0.847. The summed E-state index contributed by atoms with van der Waals surface area (Å²) in [6.07, 6.45) is 5.86. The van der Waals surface area contributed by atoms with Gasteiger partial charge in [0, 0.05) is 16.1 Å². The van der Waals surface area contributed by atoms with Crippen LogP contribution in [0.2, 0.25) is 10.0 Å². The first-order valence-electron chi connectivity index (χ1n) is 9.65. The lowest BCUT2D eigenvalue weighted by Crippen LogP contribution is -2.30. The van der Waals surface area contributed by atoms with Crippen molar-refractivity contribution in [2.24, 2.45) is 0 Å². The molecule has 1 aromatic heterocycles. The van der Waals surface area contributed by atoms with Crippen molar-refractivity contribution in [3.63, 3.8) is 0 Å². The van der Waals surface area contributed by atoms with Crippen molar-refractivity contribution in [2.45, 2.75) is 12.1 Å². The summed E-state index contributed by atoms with van der Waals surface area (Å²) in [6.45, 7) is 0.0229. The van der Waals surface area contributed by atoms with Crippen LogP contribution >= 0.6 is 23.2 Å². The Morgan fingerprint density at radius 3 is 2.47 bits per heavy atom. The van der Waals surface area contributed by atoms with E-state index in [1.807, 2.05) is 0 Å². The Morgan fingerprint density at radius 1 is 1.03 bits per heavy atom. The molecule has 0 saturated carbocycles. The summed E-state index contributed by atoms with van der Waals surface area (Å²) in [7, 11) is 0. The molecule has 32 heavy (non-hydrogen) atoms. The molecule has 4 rings (SSSR count). The molecule has 0 aliphatic carbocycles. The second kappa shape index (κ2) is 9.53. The van der Waals surface area contributed by atoms with Crippen LogP contribution in [0.1, 0.15) is 11.1 Å². The minimum absolute atomic E-state index is 0.0229. The van der Waals surface area contributed by atoms with Crippen LogP contribution in [-0.4, -0.2) is 19.9 Å². The molecular weight excluding hydrogens is 452 g/mol. The van der Waals surface area contributed by atoms with Crippen molar-refractivity contribution in [2.75, 3.05) is 0 Å². The molecule has 0 bridgehead atoms. The third kappa shape index (κ3) is 5.16. The lowest BCUT2D eigenvalue weighted by atomic mass is 9.92. The molecule has 0 aliphatic rings. The van der Waals surface area contributed by atoms with Gasteiger partial charge in [0.2, 0.25) is 0 Å². The van der Waals surface area contributed by atoms with E-state index < -0.39 is 11.4 Å². The molecule has 0 amide bonds. The lowest BCUT2D eigenvalue weighted by Gasteiger charge is -2.26. The molecule has 5 nitrogen and oxygen atoms in total. The number of ether oxygens (including phenoxy) is 1. The van der Waals surface area contributed by atoms with Gasteiger partial charge >= 0.3 is 0 Å². The summed E-state index contributed by atoms with van der Waals surface area (Å²) >= 11 is 12.5. The van der Waals surface area contributed by atoms with E-state index in [4.69, 9.17) is 27.9 Å². The van der Waals surface area contributed by atoms with Crippen LogP contribution in [-0.2, 0) is 12.1 Å². The molecule has 8 heteroatoms. The van der Waals surface area contributed by atoms with Crippen molar-refractivity contribution >= 4 is 29.3 Å². The van der Waals surface area contributed by atoms with Gasteiger partial charge in [0.15, 0.2) is 0 Å². The summed E-state index contributed by atoms with van der Waals surface area (Å²) < 4.78 is 21.4. The van der Waals surface area contributed by atoms with Gasteiger partial charge in [-0.1, -0.05) is 53.5 Å². The highest BCUT2D eigenvalue weighted by atomic mass is 35.5. The molecule has 1 atom stereocenters. The first kappa shape index (κ1) is 22.0. The summed E-state index contributed by atoms with van der Waals surface area (Å²) in [5.74, 6) is 0.683. The number of rotatable bonds is 7. The van der Waals surface area contributed by atoms with Crippen molar-refractivity contribution in [1.29, 1.82) is 0 Å². The third-order valence-corrected chi connectivity index (χ3v) is 5.33. The summed E-state index contributed by atoms with van der Waals surface area (Å²) in [4.78, 5) is 3.92. The number of hydrogen-bond donors (Lipinski definition) is 1. The van der Waals surface area contributed by atoms with Gasteiger partial charge in [0.25, 0.3) is 0 Å². The minimum Gasteiger partial charge on any atom is -0.457 e. The van der Waals surface area contributed by atoms with Crippen LogP contribution in [0.3, 0.4) is 0 Å². The Bertz CT molecular complexity index is 1230. The predicted octanol–water partition coefficient (Wildman–Crippen LogP) is 6.12. The predicted molar refractivity (Wildman–Crippen MR) is 122 cm³/mol. The fourth-order valence-corrected chi connectivity index (χ4v) is 3.64. The van der Waals surface area contributed by atoms with Gasteiger partial charge in [-0.05, 0) is 48.5 Å². The molecular formula is C24H18Cl2FN3O2. The summed E-state index contributed by atoms with van der Waals surface area (Å²) in [5, 5.41) is 16.5. The monoisotopic (exact) mass is 469 g/mol. The molecule has 0 saturated heterocycles. The maximum absolute atomic E-state index is 14.1. The Labute approximate surface area is 194 Å². The van der Waals surface area contributed by atoms with E-state index in [9.17, 15) is 9.50 Å². The smallest absolute Gasteiger partial charge is 0.137 e. The highest BCUT2D eigenvalue weighted by molar-refractivity contribution is 6.31. The zero-order valence-corrected chi connectivity index (χ0v) is 18.2. The van der Waals surface area contributed by atoms with Gasteiger partial charge in [0.05, 0.1) is 11.6 Å². The second-order valence-electron chi connectivity index (χ2n) is 7.07. The highest BCUT2D eigenvalue weighted by Crippen LogP contribution is 2.35. The number of aliphatic hydroxyl groups is 1. The second-order valence-corrected chi connectivity index (χ2v) is 7.91. The molecule has 162 valence electrons. The summed E-state index contributed by atoms with van der Waals surface area (Å²) in [6, 6.07) is 18.2. The Hall–Kier alpha value is -3.19. The van der Waals surface area contributed by atoms with Crippen molar-refractivity contribution in [1.82, 2.24) is 14.8 Å². The molecule has 0 aliphatic heterocycles. The number of halogens is 3. The highest BCUT2D eigenvalue weighted by Gasteiger charge is 2.30. The SMILES string of the molecule is OC(/C=C/c1ccccc1F)(Cn1cncn1)c1ccc(Oc2ccc(Cl)cc2)cc1Cl. The zero-order chi connectivity index (χ0) is 22.6. The normalized spacial score (nSPS) is 13.2. The largest absolute Gasteiger partial charge is 0.457 e. The average molecular weight is 470 g/mol. The van der Waals surface area contributed by atoms with Crippen LogP contribution < -0.4 is 4.74 Å². The van der Waals surface area contributed by atoms with Crippen LogP contribution in [0.4, 0.5) is 4.39 Å². The van der Waals surface area contributed by atoms with Gasteiger partial charge in [-0.2, -0.15) is 5.10 Å². The molecule has 1 N–H and O–H groups in total. The van der Waals surface area contributed by atoms with Gasteiger partial charge in [0.1, 0.15) is 35.6 Å². The van der Waals surface area contributed by atoms with Crippen molar-refractivity contribution < 1.29 is 14.2 Å². The van der Waals surface area contributed by atoms with Crippen LogP contribution in [0.15, 0.2) is 85.5 Å². The molecule has 3 aromatic carbocycles. The van der Waals surface area contributed by atoms with E-state index in [2.05, 4.69) is 10.1 Å². The maximum Gasteiger partial charge on any atom is 0.137 e. The van der Waals surface area contributed by atoms with E-state index in [-0.39, 0.29) is 11.6 Å².